The normalized spacial score (nSPS) is 10.3. The van der Waals surface area contributed by atoms with Crippen molar-refractivity contribution in [3.63, 3.8) is 0 Å². The lowest BCUT2D eigenvalue weighted by atomic mass is 10.2. The molecule has 2 rings (SSSR count). The van der Waals surface area contributed by atoms with E-state index in [-0.39, 0.29) is 6.61 Å². The van der Waals surface area contributed by atoms with Crippen LogP contribution in [-0.4, -0.2) is 10.1 Å². The van der Waals surface area contributed by atoms with Crippen LogP contribution in [0.4, 0.5) is 4.39 Å². The lowest BCUT2D eigenvalue weighted by molar-refractivity contribution is 0.276. The Morgan fingerprint density at radius 2 is 2.12 bits per heavy atom. The fourth-order valence-electron chi connectivity index (χ4n) is 1.31. The van der Waals surface area contributed by atoms with Crippen molar-refractivity contribution in [2.24, 2.45) is 0 Å². The molecule has 1 aromatic carbocycles. The van der Waals surface area contributed by atoms with Gasteiger partial charge in [-0.2, -0.15) is 0 Å². The summed E-state index contributed by atoms with van der Waals surface area (Å²) < 4.78 is 19.2. The third kappa shape index (κ3) is 2.81. The second kappa shape index (κ2) is 5.25. The van der Waals surface area contributed by atoms with E-state index in [1.54, 1.807) is 18.3 Å². The first-order chi connectivity index (χ1) is 8.20. The molecule has 1 N–H and O–H groups in total. The smallest absolute Gasteiger partial charge is 0.151 e. The van der Waals surface area contributed by atoms with Crippen LogP contribution < -0.4 is 4.74 Å². The fourth-order valence-corrected chi connectivity index (χ4v) is 1.63. The summed E-state index contributed by atoms with van der Waals surface area (Å²) in [7, 11) is 0. The van der Waals surface area contributed by atoms with Gasteiger partial charge in [-0.15, -0.1) is 0 Å². The van der Waals surface area contributed by atoms with Crippen LogP contribution in [0.15, 0.2) is 41.1 Å². The molecule has 1 heterocycles. The molecule has 0 saturated carbocycles. The Bertz CT molecular complexity index is 534. The molecule has 1 aromatic heterocycles. The van der Waals surface area contributed by atoms with Crippen molar-refractivity contribution in [2.45, 2.75) is 6.61 Å². The first-order valence-electron chi connectivity index (χ1n) is 4.87. The van der Waals surface area contributed by atoms with Gasteiger partial charge >= 0.3 is 0 Å². The number of aromatic nitrogens is 1. The minimum atomic E-state index is -0.391. The van der Waals surface area contributed by atoms with Crippen LogP contribution in [0.5, 0.6) is 11.5 Å². The van der Waals surface area contributed by atoms with Crippen molar-refractivity contribution >= 4 is 15.9 Å². The summed E-state index contributed by atoms with van der Waals surface area (Å²) in [5, 5.41) is 9.13. The third-order valence-electron chi connectivity index (χ3n) is 2.15. The number of halogens is 2. The molecule has 0 saturated heterocycles. The summed E-state index contributed by atoms with van der Waals surface area (Å²) in [6, 6.07) is 5.79. The summed E-state index contributed by atoms with van der Waals surface area (Å²) in [5.74, 6) is 0.353. The van der Waals surface area contributed by atoms with Crippen molar-refractivity contribution in [2.75, 3.05) is 0 Å². The lowest BCUT2D eigenvalue weighted by Crippen LogP contribution is -1.93. The number of aliphatic hydroxyl groups excluding tert-OH is 1. The highest BCUT2D eigenvalue weighted by atomic mass is 79.9. The highest BCUT2D eigenvalue weighted by molar-refractivity contribution is 9.10. The van der Waals surface area contributed by atoms with Gasteiger partial charge < -0.3 is 9.84 Å². The number of hydrogen-bond acceptors (Lipinski definition) is 3. The van der Waals surface area contributed by atoms with Crippen LogP contribution in [0.1, 0.15) is 5.56 Å². The number of rotatable bonds is 3. The van der Waals surface area contributed by atoms with E-state index in [0.717, 1.165) is 0 Å². The molecule has 0 amide bonds. The molecule has 0 unspecified atom stereocenters. The van der Waals surface area contributed by atoms with Crippen LogP contribution in [0.3, 0.4) is 0 Å². The van der Waals surface area contributed by atoms with Crippen molar-refractivity contribution in [3.05, 3.63) is 52.5 Å². The van der Waals surface area contributed by atoms with E-state index in [2.05, 4.69) is 20.9 Å². The van der Waals surface area contributed by atoms with E-state index in [4.69, 9.17) is 9.84 Å². The van der Waals surface area contributed by atoms with Gasteiger partial charge in [0.2, 0.25) is 0 Å². The van der Waals surface area contributed by atoms with Crippen LogP contribution in [0.2, 0.25) is 0 Å². The number of nitrogens with zero attached hydrogens (tertiary/aromatic N) is 1. The van der Waals surface area contributed by atoms with E-state index >= 15 is 0 Å². The van der Waals surface area contributed by atoms with E-state index in [1.807, 2.05) is 0 Å². The molecular weight excluding hydrogens is 289 g/mol. The predicted octanol–water partition coefficient (Wildman–Crippen LogP) is 3.27. The molecule has 3 nitrogen and oxygen atoms in total. The molecule has 2 aromatic rings. The average molecular weight is 298 g/mol. The topological polar surface area (TPSA) is 42.4 Å². The zero-order chi connectivity index (χ0) is 12.3. The Balaban J connectivity index is 2.34. The Labute approximate surface area is 106 Å². The average Bonchev–Trinajstić information content (AvgIpc) is 2.34. The van der Waals surface area contributed by atoms with E-state index in [0.29, 0.717) is 21.5 Å². The minimum Gasteiger partial charge on any atom is -0.454 e. The van der Waals surface area contributed by atoms with Crippen LogP contribution in [0.25, 0.3) is 0 Å². The first kappa shape index (κ1) is 12.0. The van der Waals surface area contributed by atoms with Crippen LogP contribution in [-0.2, 0) is 6.61 Å². The Hall–Kier alpha value is -1.46. The Kier molecular flexibility index (Phi) is 3.71. The predicted molar refractivity (Wildman–Crippen MR) is 64.3 cm³/mol. The highest BCUT2D eigenvalue weighted by Gasteiger charge is 2.08. The number of aliphatic hydroxyl groups is 1. The first-order valence-corrected chi connectivity index (χ1v) is 5.66. The van der Waals surface area contributed by atoms with Crippen molar-refractivity contribution < 1.29 is 14.2 Å². The molecule has 0 aliphatic carbocycles. The number of hydrogen-bond donors (Lipinski definition) is 1. The van der Waals surface area contributed by atoms with Crippen molar-refractivity contribution in [3.8, 4) is 11.5 Å². The Morgan fingerprint density at radius 3 is 2.88 bits per heavy atom. The third-order valence-corrected chi connectivity index (χ3v) is 2.81. The van der Waals surface area contributed by atoms with E-state index in [9.17, 15) is 4.39 Å². The monoisotopic (exact) mass is 297 g/mol. The molecule has 0 atom stereocenters. The molecule has 0 bridgehead atoms. The summed E-state index contributed by atoms with van der Waals surface area (Å²) in [4.78, 5) is 3.90. The standard InChI is InChI=1S/C12H9BrFNO2/c13-10-2-1-9(14)5-11(10)17-12-6-15-4-3-8(12)7-16/h1-6,16H,7H2. The molecule has 5 heteroatoms. The van der Waals surface area contributed by atoms with Gasteiger partial charge in [0.25, 0.3) is 0 Å². The summed E-state index contributed by atoms with van der Waals surface area (Å²) in [6.07, 6.45) is 3.03. The molecule has 0 fully saturated rings. The van der Waals surface area contributed by atoms with Gasteiger partial charge in [-0.05, 0) is 34.1 Å². The summed E-state index contributed by atoms with van der Waals surface area (Å²) in [6.45, 7) is -0.162. The van der Waals surface area contributed by atoms with Gasteiger partial charge in [-0.1, -0.05) is 0 Å². The molecule has 17 heavy (non-hydrogen) atoms. The second-order valence-electron chi connectivity index (χ2n) is 3.32. The highest BCUT2D eigenvalue weighted by Crippen LogP contribution is 2.31. The maximum absolute atomic E-state index is 13.1. The van der Waals surface area contributed by atoms with Gasteiger partial charge in [0.15, 0.2) is 5.75 Å². The molecule has 0 radical (unpaired) electrons. The van der Waals surface area contributed by atoms with Gasteiger partial charge in [0.05, 0.1) is 17.3 Å². The van der Waals surface area contributed by atoms with Gasteiger partial charge in [-0.3, -0.25) is 4.98 Å². The zero-order valence-corrected chi connectivity index (χ0v) is 10.3. The summed E-state index contributed by atoms with van der Waals surface area (Å²) in [5.41, 5.74) is 0.594. The molecule has 88 valence electrons. The fraction of sp³-hybridized carbons (Fsp3) is 0.0833. The molecule has 0 spiro atoms. The van der Waals surface area contributed by atoms with E-state index in [1.165, 1.54) is 18.3 Å². The maximum atomic E-state index is 13.1. The number of benzene rings is 1. The SMILES string of the molecule is OCc1ccncc1Oc1cc(F)ccc1Br. The zero-order valence-electron chi connectivity index (χ0n) is 8.73. The number of ether oxygens (including phenoxy) is 1. The van der Waals surface area contributed by atoms with Crippen LogP contribution in [0, 0.1) is 5.82 Å². The largest absolute Gasteiger partial charge is 0.454 e. The second-order valence-corrected chi connectivity index (χ2v) is 4.17. The minimum absolute atomic E-state index is 0.162. The van der Waals surface area contributed by atoms with E-state index < -0.39 is 5.82 Å². The lowest BCUT2D eigenvalue weighted by Gasteiger charge is -2.10. The molecule has 0 aliphatic heterocycles. The summed E-state index contributed by atoms with van der Waals surface area (Å²) >= 11 is 3.26. The van der Waals surface area contributed by atoms with Crippen LogP contribution >= 0.6 is 15.9 Å². The van der Waals surface area contributed by atoms with Gasteiger partial charge in [0, 0.05) is 17.8 Å². The van der Waals surface area contributed by atoms with Gasteiger partial charge in [0.1, 0.15) is 11.6 Å². The molecular formula is C12H9BrFNO2. The Morgan fingerprint density at radius 1 is 1.29 bits per heavy atom. The van der Waals surface area contributed by atoms with Crippen molar-refractivity contribution in [1.29, 1.82) is 0 Å². The van der Waals surface area contributed by atoms with Crippen molar-refractivity contribution in [1.82, 2.24) is 4.98 Å². The quantitative estimate of drug-likeness (QED) is 0.945. The molecule has 0 aliphatic rings. The maximum Gasteiger partial charge on any atom is 0.151 e. The number of pyridine rings is 1. The van der Waals surface area contributed by atoms with Gasteiger partial charge in [-0.25, -0.2) is 4.39 Å².